The first-order chi connectivity index (χ1) is 13.1. The maximum absolute atomic E-state index is 13.1. The fourth-order valence-corrected chi connectivity index (χ4v) is 4.81. The molecule has 0 spiro atoms. The van der Waals surface area contributed by atoms with E-state index in [0.717, 1.165) is 0 Å². The molecule has 1 amide bonds. The topological polar surface area (TPSA) is 117 Å². The average molecular weight is 388 g/mol. The molecule has 0 bridgehead atoms. The van der Waals surface area contributed by atoms with Gasteiger partial charge in [0, 0.05) is 43.3 Å². The van der Waals surface area contributed by atoms with Crippen molar-refractivity contribution >= 4 is 17.7 Å². The molecule has 1 aromatic heterocycles. The fourth-order valence-electron chi connectivity index (χ4n) is 4.81. The number of aromatic amines is 1. The van der Waals surface area contributed by atoms with Crippen molar-refractivity contribution in [1.29, 1.82) is 0 Å². The van der Waals surface area contributed by atoms with Crippen LogP contribution in [0, 0.1) is 16.7 Å². The Labute approximate surface area is 161 Å². The predicted molar refractivity (Wildman–Crippen MR) is 98.4 cm³/mol. The van der Waals surface area contributed by atoms with Crippen molar-refractivity contribution < 1.29 is 24.2 Å². The first kappa shape index (κ1) is 18.9. The van der Waals surface area contributed by atoms with Gasteiger partial charge in [0.25, 0.3) is 11.5 Å². The van der Waals surface area contributed by atoms with Gasteiger partial charge in [0.15, 0.2) is 5.78 Å². The van der Waals surface area contributed by atoms with Gasteiger partial charge in [0.05, 0.1) is 12.0 Å². The first-order valence-electron chi connectivity index (χ1n) is 9.53. The van der Waals surface area contributed by atoms with E-state index in [1.54, 1.807) is 0 Å². The molecule has 3 aliphatic rings. The third kappa shape index (κ3) is 2.87. The SMILES string of the molecule is CC1(C)CC(=O)c2cc(C(=O)N3C[C@H]4COCC[C@@]4(C(=O)O)C3)c(=O)[nH]c2C1. The second-order valence-electron chi connectivity index (χ2n) is 9.01. The van der Waals surface area contributed by atoms with Crippen molar-refractivity contribution in [1.82, 2.24) is 9.88 Å². The van der Waals surface area contributed by atoms with Gasteiger partial charge in [-0.25, -0.2) is 0 Å². The van der Waals surface area contributed by atoms with Crippen molar-refractivity contribution in [2.24, 2.45) is 16.7 Å². The summed E-state index contributed by atoms with van der Waals surface area (Å²) in [7, 11) is 0. The van der Waals surface area contributed by atoms with Crippen LogP contribution in [0.5, 0.6) is 0 Å². The number of rotatable bonds is 2. The number of pyridine rings is 1. The van der Waals surface area contributed by atoms with Gasteiger partial charge >= 0.3 is 5.97 Å². The lowest BCUT2D eigenvalue weighted by Gasteiger charge is -2.33. The van der Waals surface area contributed by atoms with Crippen LogP contribution in [0.25, 0.3) is 0 Å². The second kappa shape index (κ2) is 6.27. The summed E-state index contributed by atoms with van der Waals surface area (Å²) in [5, 5.41) is 9.76. The lowest BCUT2D eigenvalue weighted by Crippen LogP contribution is -2.45. The summed E-state index contributed by atoms with van der Waals surface area (Å²) in [5.74, 6) is -1.87. The predicted octanol–water partition coefficient (Wildman–Crippen LogP) is 1.09. The van der Waals surface area contributed by atoms with Gasteiger partial charge in [-0.1, -0.05) is 13.8 Å². The van der Waals surface area contributed by atoms with Crippen LogP contribution >= 0.6 is 0 Å². The molecule has 0 radical (unpaired) electrons. The van der Waals surface area contributed by atoms with Crippen molar-refractivity contribution in [3.05, 3.63) is 33.2 Å². The number of amides is 1. The normalized spacial score (nSPS) is 28.6. The van der Waals surface area contributed by atoms with Crippen molar-refractivity contribution in [3.8, 4) is 0 Å². The Morgan fingerprint density at radius 1 is 1.29 bits per heavy atom. The Morgan fingerprint density at radius 2 is 2.04 bits per heavy atom. The maximum atomic E-state index is 13.1. The van der Waals surface area contributed by atoms with E-state index in [-0.39, 0.29) is 42.4 Å². The number of nitrogens with zero attached hydrogens (tertiary/aromatic N) is 1. The van der Waals surface area contributed by atoms with Crippen molar-refractivity contribution in [2.45, 2.75) is 33.1 Å². The lowest BCUT2D eigenvalue weighted by molar-refractivity contribution is -0.157. The van der Waals surface area contributed by atoms with Gasteiger partial charge in [0.2, 0.25) is 0 Å². The average Bonchev–Trinajstić information content (AvgIpc) is 3.00. The van der Waals surface area contributed by atoms with Gasteiger partial charge in [-0.05, 0) is 24.3 Å². The summed E-state index contributed by atoms with van der Waals surface area (Å²) in [4.78, 5) is 54.2. The number of ether oxygens (including phenoxy) is 1. The van der Waals surface area contributed by atoms with Crippen LogP contribution in [-0.2, 0) is 16.0 Å². The van der Waals surface area contributed by atoms with Crippen LogP contribution < -0.4 is 5.56 Å². The molecule has 2 atom stereocenters. The van der Waals surface area contributed by atoms with E-state index in [1.807, 2.05) is 13.8 Å². The molecule has 0 saturated carbocycles. The zero-order valence-electron chi connectivity index (χ0n) is 16.0. The summed E-state index contributed by atoms with van der Waals surface area (Å²) >= 11 is 0. The van der Waals surface area contributed by atoms with Crippen LogP contribution in [0.2, 0.25) is 0 Å². The number of carbonyl (C=O) groups is 3. The molecule has 8 heteroatoms. The van der Waals surface area contributed by atoms with E-state index in [2.05, 4.69) is 4.98 Å². The highest BCUT2D eigenvalue weighted by atomic mass is 16.5. The lowest BCUT2D eigenvalue weighted by atomic mass is 9.74. The standard InChI is InChI=1S/C20H24N2O6/c1-19(2)6-14-12(15(23)7-19)5-13(16(24)21-14)17(25)22-8-11-9-28-4-3-20(11,10-22)18(26)27/h5,11H,3-4,6-10H2,1-2H3,(H,21,24)(H,26,27)/t11-,20+/m0/s1. The molecule has 1 aliphatic carbocycles. The van der Waals surface area contributed by atoms with E-state index in [4.69, 9.17) is 4.74 Å². The highest BCUT2D eigenvalue weighted by Gasteiger charge is 2.55. The number of ketones is 1. The molecule has 0 aromatic carbocycles. The number of carboxylic acids is 1. The maximum Gasteiger partial charge on any atom is 0.311 e. The summed E-state index contributed by atoms with van der Waals surface area (Å²) in [6, 6.07) is 1.39. The highest BCUT2D eigenvalue weighted by Crippen LogP contribution is 2.43. The van der Waals surface area contributed by atoms with Gasteiger partial charge in [-0.3, -0.25) is 19.2 Å². The monoisotopic (exact) mass is 388 g/mol. The molecule has 150 valence electrons. The van der Waals surface area contributed by atoms with E-state index < -0.39 is 22.9 Å². The smallest absolute Gasteiger partial charge is 0.311 e. The molecule has 28 heavy (non-hydrogen) atoms. The van der Waals surface area contributed by atoms with Crippen LogP contribution in [0.1, 0.15) is 53.1 Å². The number of nitrogens with one attached hydrogen (secondary N) is 1. The molecule has 0 unspecified atom stereocenters. The molecule has 2 aliphatic heterocycles. The van der Waals surface area contributed by atoms with Crippen LogP contribution in [0.3, 0.4) is 0 Å². The van der Waals surface area contributed by atoms with Crippen LogP contribution in [0.4, 0.5) is 0 Å². The Bertz CT molecular complexity index is 933. The molecule has 2 N–H and O–H groups in total. The molecule has 2 saturated heterocycles. The largest absolute Gasteiger partial charge is 0.481 e. The Hall–Kier alpha value is -2.48. The van der Waals surface area contributed by atoms with E-state index in [1.165, 1.54) is 11.0 Å². The Morgan fingerprint density at radius 3 is 2.71 bits per heavy atom. The number of Topliss-reactive ketones (excluding diaryl/α,β-unsaturated/α-hetero) is 1. The summed E-state index contributed by atoms with van der Waals surface area (Å²) in [5.41, 5.74) is -0.966. The zero-order chi connectivity index (χ0) is 20.3. The minimum absolute atomic E-state index is 0.0483. The number of carbonyl (C=O) groups excluding carboxylic acids is 2. The third-order valence-electron chi connectivity index (χ3n) is 6.37. The third-order valence-corrected chi connectivity index (χ3v) is 6.37. The van der Waals surface area contributed by atoms with Gasteiger partial charge < -0.3 is 19.7 Å². The molecule has 3 heterocycles. The summed E-state index contributed by atoms with van der Waals surface area (Å²) < 4.78 is 5.41. The zero-order valence-corrected chi connectivity index (χ0v) is 16.0. The summed E-state index contributed by atoms with van der Waals surface area (Å²) in [6.45, 7) is 4.82. The number of aromatic nitrogens is 1. The minimum Gasteiger partial charge on any atom is -0.481 e. The van der Waals surface area contributed by atoms with E-state index >= 15 is 0 Å². The van der Waals surface area contributed by atoms with Crippen molar-refractivity contribution in [2.75, 3.05) is 26.3 Å². The Kier molecular flexibility index (Phi) is 4.22. The molecule has 8 nitrogen and oxygen atoms in total. The molecule has 4 rings (SSSR count). The van der Waals surface area contributed by atoms with Crippen molar-refractivity contribution in [3.63, 3.8) is 0 Å². The van der Waals surface area contributed by atoms with Gasteiger partial charge in [0.1, 0.15) is 5.56 Å². The number of likely N-dealkylation sites (tertiary alicyclic amines) is 1. The van der Waals surface area contributed by atoms with E-state index in [9.17, 15) is 24.3 Å². The second-order valence-corrected chi connectivity index (χ2v) is 9.01. The van der Waals surface area contributed by atoms with Gasteiger partial charge in [-0.2, -0.15) is 0 Å². The van der Waals surface area contributed by atoms with E-state index in [0.29, 0.717) is 37.1 Å². The first-order valence-corrected chi connectivity index (χ1v) is 9.53. The molecule has 1 aromatic rings. The number of carboxylic acid groups (broad SMARTS) is 1. The number of fused-ring (bicyclic) bond motifs is 2. The minimum atomic E-state index is -1.03. The quantitative estimate of drug-likeness (QED) is 0.783. The number of hydrogen-bond acceptors (Lipinski definition) is 5. The van der Waals surface area contributed by atoms with Crippen LogP contribution in [-0.4, -0.2) is 59.0 Å². The molecular formula is C20H24N2O6. The molecular weight excluding hydrogens is 364 g/mol. The molecule has 2 fully saturated rings. The number of hydrogen-bond donors (Lipinski definition) is 2. The summed E-state index contributed by atoms with van der Waals surface area (Å²) in [6.07, 6.45) is 1.25. The van der Waals surface area contributed by atoms with Crippen LogP contribution in [0.15, 0.2) is 10.9 Å². The fraction of sp³-hybridized carbons (Fsp3) is 0.600. The number of H-pyrrole nitrogens is 1. The van der Waals surface area contributed by atoms with Gasteiger partial charge in [-0.15, -0.1) is 0 Å². The highest BCUT2D eigenvalue weighted by molar-refractivity contribution is 6.02. The Balaban J connectivity index is 1.66. The number of aliphatic carboxylic acids is 1.